The number of nitrogen functional groups attached to an aromatic ring is 1. The molecule has 1 aromatic heterocycles. The van der Waals surface area contributed by atoms with Crippen molar-refractivity contribution in [3.8, 4) is 0 Å². The molecule has 1 rings (SSSR count). The zero-order chi connectivity index (χ0) is 8.97. The van der Waals surface area contributed by atoms with Crippen molar-refractivity contribution in [1.82, 2.24) is 9.66 Å². The van der Waals surface area contributed by atoms with Gasteiger partial charge in [0.05, 0.1) is 6.20 Å². The van der Waals surface area contributed by atoms with Gasteiger partial charge in [-0.1, -0.05) is 13.8 Å². The van der Waals surface area contributed by atoms with Crippen LogP contribution in [0, 0.1) is 5.92 Å². The molecule has 0 saturated heterocycles. The van der Waals surface area contributed by atoms with E-state index in [1.807, 2.05) is 6.21 Å². The van der Waals surface area contributed by atoms with Crippen molar-refractivity contribution in [2.75, 3.05) is 5.73 Å². The molecule has 12 heavy (non-hydrogen) atoms. The Kier molecular flexibility index (Phi) is 2.85. The van der Waals surface area contributed by atoms with Crippen LogP contribution in [0.1, 0.15) is 20.3 Å². The van der Waals surface area contributed by atoms with Gasteiger partial charge in [-0.3, -0.25) is 0 Å². The van der Waals surface area contributed by atoms with Crippen LogP contribution in [0.2, 0.25) is 0 Å². The summed E-state index contributed by atoms with van der Waals surface area (Å²) >= 11 is 0. The van der Waals surface area contributed by atoms with Crippen molar-refractivity contribution in [2.45, 2.75) is 20.3 Å². The monoisotopic (exact) mass is 166 g/mol. The molecule has 0 atom stereocenters. The van der Waals surface area contributed by atoms with Crippen LogP contribution < -0.4 is 5.73 Å². The average Bonchev–Trinajstić information content (AvgIpc) is 2.36. The van der Waals surface area contributed by atoms with Crippen LogP contribution >= 0.6 is 0 Å². The third kappa shape index (κ3) is 2.38. The molecule has 0 aliphatic rings. The van der Waals surface area contributed by atoms with Crippen molar-refractivity contribution in [3.63, 3.8) is 0 Å². The molecule has 4 heteroatoms. The molecule has 0 aromatic carbocycles. The van der Waals surface area contributed by atoms with Gasteiger partial charge in [0.15, 0.2) is 0 Å². The summed E-state index contributed by atoms with van der Waals surface area (Å²) in [6, 6.07) is 0. The molecule has 0 saturated carbocycles. The Bertz CT molecular complexity index is 262. The van der Waals surface area contributed by atoms with E-state index in [4.69, 9.17) is 5.73 Å². The lowest BCUT2D eigenvalue weighted by molar-refractivity contribution is 0.686. The van der Waals surface area contributed by atoms with Gasteiger partial charge >= 0.3 is 0 Å². The molecule has 0 bridgehead atoms. The molecule has 1 aromatic rings. The summed E-state index contributed by atoms with van der Waals surface area (Å²) in [5, 5.41) is 4.11. The van der Waals surface area contributed by atoms with Crippen LogP contribution in [0.5, 0.6) is 0 Å². The smallest absolute Gasteiger partial charge is 0.221 e. The maximum absolute atomic E-state index is 5.50. The summed E-state index contributed by atoms with van der Waals surface area (Å²) in [5.41, 5.74) is 5.50. The first-order valence-corrected chi connectivity index (χ1v) is 4.02. The Morgan fingerprint density at radius 2 is 2.50 bits per heavy atom. The van der Waals surface area contributed by atoms with E-state index in [-0.39, 0.29) is 0 Å². The maximum atomic E-state index is 5.50. The Morgan fingerprint density at radius 3 is 3.00 bits per heavy atom. The fraction of sp³-hybridized carbons (Fsp3) is 0.500. The van der Waals surface area contributed by atoms with Crippen molar-refractivity contribution in [3.05, 3.63) is 12.4 Å². The SMILES string of the molecule is CC(C)C/C=N/n1ccnc1N. The molecule has 66 valence electrons. The fourth-order valence-electron chi connectivity index (χ4n) is 0.752. The summed E-state index contributed by atoms with van der Waals surface area (Å²) < 4.78 is 1.56. The first kappa shape index (κ1) is 8.77. The van der Waals surface area contributed by atoms with Crippen LogP contribution in [0.3, 0.4) is 0 Å². The highest BCUT2D eigenvalue weighted by atomic mass is 15.4. The number of anilines is 1. The Morgan fingerprint density at radius 1 is 1.75 bits per heavy atom. The summed E-state index contributed by atoms with van der Waals surface area (Å²) in [6.07, 6.45) is 6.16. The van der Waals surface area contributed by atoms with Gasteiger partial charge in [-0.25, -0.2) is 9.66 Å². The third-order valence-electron chi connectivity index (χ3n) is 1.43. The predicted molar refractivity (Wildman–Crippen MR) is 50.0 cm³/mol. The standard InChI is InChI=1S/C8H14N4/c1-7(2)3-4-11-12-6-5-10-8(12)9/h4-7H,3H2,1-2H3,(H2,9,10)/b11-4+. The van der Waals surface area contributed by atoms with Gasteiger partial charge in [0, 0.05) is 12.4 Å². The van der Waals surface area contributed by atoms with Crippen molar-refractivity contribution in [1.29, 1.82) is 0 Å². The molecule has 0 aliphatic carbocycles. The molecule has 4 nitrogen and oxygen atoms in total. The third-order valence-corrected chi connectivity index (χ3v) is 1.43. The van der Waals surface area contributed by atoms with E-state index in [0.29, 0.717) is 11.9 Å². The van der Waals surface area contributed by atoms with Gasteiger partial charge in [0.25, 0.3) is 0 Å². The summed E-state index contributed by atoms with van der Waals surface area (Å²) in [6.45, 7) is 4.28. The molecule has 2 N–H and O–H groups in total. The van der Waals surface area contributed by atoms with Crippen molar-refractivity contribution in [2.24, 2.45) is 11.0 Å². The van der Waals surface area contributed by atoms with Crippen LogP contribution in [0.15, 0.2) is 17.5 Å². The highest BCUT2D eigenvalue weighted by Crippen LogP contribution is 1.99. The van der Waals surface area contributed by atoms with Crippen LogP contribution in [0.4, 0.5) is 5.95 Å². The quantitative estimate of drug-likeness (QED) is 0.689. The highest BCUT2D eigenvalue weighted by molar-refractivity contribution is 5.57. The maximum Gasteiger partial charge on any atom is 0.221 e. The van der Waals surface area contributed by atoms with Gasteiger partial charge in [0.1, 0.15) is 0 Å². The number of hydrogen-bond donors (Lipinski definition) is 1. The molecule has 0 radical (unpaired) electrons. The van der Waals surface area contributed by atoms with Crippen LogP contribution in [-0.4, -0.2) is 15.9 Å². The van der Waals surface area contributed by atoms with Crippen molar-refractivity contribution < 1.29 is 0 Å². The van der Waals surface area contributed by atoms with E-state index in [1.165, 1.54) is 0 Å². The van der Waals surface area contributed by atoms with E-state index in [9.17, 15) is 0 Å². The second-order valence-electron chi connectivity index (χ2n) is 3.06. The number of nitrogens with zero attached hydrogens (tertiary/aromatic N) is 3. The first-order valence-electron chi connectivity index (χ1n) is 4.02. The molecular weight excluding hydrogens is 152 g/mol. The van der Waals surface area contributed by atoms with Gasteiger partial charge in [-0.2, -0.15) is 5.10 Å². The number of hydrogen-bond acceptors (Lipinski definition) is 3. The summed E-state index contributed by atoms with van der Waals surface area (Å²) in [5.74, 6) is 1.05. The Labute approximate surface area is 72.1 Å². The van der Waals surface area contributed by atoms with Crippen LogP contribution in [-0.2, 0) is 0 Å². The second kappa shape index (κ2) is 3.90. The lowest BCUT2D eigenvalue weighted by Crippen LogP contribution is -1.97. The Balaban J connectivity index is 2.52. The highest BCUT2D eigenvalue weighted by Gasteiger charge is 1.92. The van der Waals surface area contributed by atoms with E-state index < -0.39 is 0 Å². The first-order chi connectivity index (χ1) is 5.70. The lowest BCUT2D eigenvalue weighted by Gasteiger charge is -1.97. The van der Waals surface area contributed by atoms with E-state index in [0.717, 1.165) is 6.42 Å². The topological polar surface area (TPSA) is 56.2 Å². The minimum atomic E-state index is 0.426. The Hall–Kier alpha value is -1.32. The average molecular weight is 166 g/mol. The largest absolute Gasteiger partial charge is 0.368 e. The molecule has 0 amide bonds. The number of aromatic nitrogens is 2. The summed E-state index contributed by atoms with van der Waals surface area (Å²) in [4.78, 5) is 3.84. The zero-order valence-electron chi connectivity index (χ0n) is 7.44. The molecule has 0 unspecified atom stereocenters. The molecule has 1 heterocycles. The second-order valence-corrected chi connectivity index (χ2v) is 3.06. The van der Waals surface area contributed by atoms with Crippen LogP contribution in [0.25, 0.3) is 0 Å². The molecule has 0 fully saturated rings. The molecule has 0 spiro atoms. The minimum Gasteiger partial charge on any atom is -0.368 e. The predicted octanol–water partition coefficient (Wildman–Crippen LogP) is 1.35. The zero-order valence-corrected chi connectivity index (χ0v) is 7.44. The minimum absolute atomic E-state index is 0.426. The van der Waals surface area contributed by atoms with Gasteiger partial charge in [-0.05, 0) is 12.3 Å². The van der Waals surface area contributed by atoms with Gasteiger partial charge in [0.2, 0.25) is 5.95 Å². The van der Waals surface area contributed by atoms with E-state index in [1.54, 1.807) is 17.1 Å². The van der Waals surface area contributed by atoms with Gasteiger partial charge in [-0.15, -0.1) is 0 Å². The van der Waals surface area contributed by atoms with E-state index >= 15 is 0 Å². The number of imidazole rings is 1. The molecular formula is C8H14N4. The fourth-order valence-corrected chi connectivity index (χ4v) is 0.752. The number of nitrogens with two attached hydrogens (primary N) is 1. The van der Waals surface area contributed by atoms with Gasteiger partial charge < -0.3 is 5.73 Å². The molecule has 0 aliphatic heterocycles. The summed E-state index contributed by atoms with van der Waals surface area (Å²) in [7, 11) is 0. The lowest BCUT2D eigenvalue weighted by atomic mass is 10.2. The normalized spacial score (nSPS) is 11.6. The number of rotatable bonds is 3. The van der Waals surface area contributed by atoms with Crippen molar-refractivity contribution >= 4 is 12.2 Å². The van der Waals surface area contributed by atoms with E-state index in [2.05, 4.69) is 23.9 Å².